The summed E-state index contributed by atoms with van der Waals surface area (Å²) in [5.74, 6) is 1.25. The van der Waals surface area contributed by atoms with Crippen molar-refractivity contribution in [1.82, 2.24) is 4.98 Å². The van der Waals surface area contributed by atoms with Gasteiger partial charge in [-0.1, -0.05) is 11.6 Å². The van der Waals surface area contributed by atoms with E-state index in [0.29, 0.717) is 16.7 Å². The van der Waals surface area contributed by atoms with Crippen molar-refractivity contribution in [2.24, 2.45) is 0 Å². The van der Waals surface area contributed by atoms with Crippen molar-refractivity contribution >= 4 is 22.4 Å². The van der Waals surface area contributed by atoms with Gasteiger partial charge in [0.05, 0.1) is 12.8 Å². The fourth-order valence-corrected chi connectivity index (χ4v) is 2.60. The molecule has 102 valence electrons. The summed E-state index contributed by atoms with van der Waals surface area (Å²) >= 11 is 5.82. The molecule has 1 N–H and O–H groups in total. The molecule has 4 nitrogen and oxygen atoms in total. The summed E-state index contributed by atoms with van der Waals surface area (Å²) < 4.78 is 17.4. The van der Waals surface area contributed by atoms with Gasteiger partial charge in [-0.3, -0.25) is 4.21 Å². The van der Waals surface area contributed by atoms with Crippen LogP contribution in [0.2, 0.25) is 5.02 Å². The predicted molar refractivity (Wildman–Crippen MR) is 75.5 cm³/mol. The number of oxazole rings is 1. The summed E-state index contributed by atoms with van der Waals surface area (Å²) in [5, 5.41) is 9.10. The first-order valence-electron chi connectivity index (χ1n) is 5.81. The number of benzene rings is 1. The van der Waals surface area contributed by atoms with Crippen LogP contribution in [0.25, 0.3) is 11.3 Å². The van der Waals surface area contributed by atoms with E-state index in [1.54, 1.807) is 25.3 Å². The van der Waals surface area contributed by atoms with Crippen molar-refractivity contribution in [3.05, 3.63) is 41.4 Å². The molecule has 0 saturated heterocycles. The van der Waals surface area contributed by atoms with E-state index in [0.717, 1.165) is 5.56 Å². The number of halogens is 1. The van der Waals surface area contributed by atoms with Crippen LogP contribution in [-0.2, 0) is 10.8 Å². The predicted octanol–water partition coefficient (Wildman–Crippen LogP) is 2.80. The monoisotopic (exact) mass is 299 g/mol. The molecule has 6 heteroatoms. The SMILES string of the molecule is C[C@H](c1ncc(-c2ccc(Cl)cc2)o1)[S@](=O)CCO. The Balaban J connectivity index is 2.19. The van der Waals surface area contributed by atoms with Gasteiger partial charge in [-0.15, -0.1) is 0 Å². The summed E-state index contributed by atoms with van der Waals surface area (Å²) in [6.07, 6.45) is 1.60. The zero-order valence-corrected chi connectivity index (χ0v) is 11.9. The fraction of sp³-hybridized carbons (Fsp3) is 0.308. The molecule has 0 saturated carbocycles. The van der Waals surface area contributed by atoms with Gasteiger partial charge in [0, 0.05) is 27.1 Å². The highest BCUT2D eigenvalue weighted by atomic mass is 35.5. The van der Waals surface area contributed by atoms with Gasteiger partial charge in [-0.05, 0) is 31.2 Å². The van der Waals surface area contributed by atoms with Crippen molar-refractivity contribution in [3.8, 4) is 11.3 Å². The maximum absolute atomic E-state index is 11.8. The molecule has 0 fully saturated rings. The first-order valence-corrected chi connectivity index (χ1v) is 7.57. The number of hydrogen-bond donors (Lipinski definition) is 1. The Kier molecular flexibility index (Phi) is 4.74. The minimum atomic E-state index is -1.19. The van der Waals surface area contributed by atoms with Gasteiger partial charge in [0.2, 0.25) is 5.89 Å². The zero-order valence-electron chi connectivity index (χ0n) is 10.4. The van der Waals surface area contributed by atoms with Gasteiger partial charge < -0.3 is 9.52 Å². The minimum absolute atomic E-state index is 0.109. The van der Waals surface area contributed by atoms with Crippen LogP contribution >= 0.6 is 11.6 Å². The highest BCUT2D eigenvalue weighted by molar-refractivity contribution is 7.85. The highest BCUT2D eigenvalue weighted by Gasteiger charge is 2.19. The number of aromatic nitrogens is 1. The molecule has 1 heterocycles. The molecule has 0 unspecified atom stereocenters. The van der Waals surface area contributed by atoms with Crippen LogP contribution in [0.5, 0.6) is 0 Å². The molecule has 0 aliphatic carbocycles. The lowest BCUT2D eigenvalue weighted by molar-refractivity contribution is 0.321. The largest absolute Gasteiger partial charge is 0.439 e. The van der Waals surface area contributed by atoms with Gasteiger partial charge in [0.25, 0.3) is 0 Å². The molecule has 0 radical (unpaired) electrons. The second-order valence-electron chi connectivity index (χ2n) is 4.02. The van der Waals surface area contributed by atoms with E-state index >= 15 is 0 Å². The van der Waals surface area contributed by atoms with Crippen LogP contribution in [0, 0.1) is 0 Å². The molecule has 19 heavy (non-hydrogen) atoms. The van der Waals surface area contributed by atoms with Crippen LogP contribution in [-0.4, -0.2) is 26.7 Å². The summed E-state index contributed by atoms with van der Waals surface area (Å²) in [6.45, 7) is 1.66. The van der Waals surface area contributed by atoms with E-state index in [2.05, 4.69) is 4.98 Å². The third-order valence-electron chi connectivity index (χ3n) is 2.69. The van der Waals surface area contributed by atoms with Crippen LogP contribution in [0.4, 0.5) is 0 Å². The quantitative estimate of drug-likeness (QED) is 0.922. The lowest BCUT2D eigenvalue weighted by atomic mass is 10.2. The van der Waals surface area contributed by atoms with Gasteiger partial charge in [0.15, 0.2) is 5.76 Å². The molecular formula is C13H14ClNO3S. The van der Waals surface area contributed by atoms with E-state index in [1.807, 2.05) is 12.1 Å². The van der Waals surface area contributed by atoms with E-state index < -0.39 is 10.8 Å². The second-order valence-corrected chi connectivity index (χ2v) is 6.33. The first kappa shape index (κ1) is 14.2. The van der Waals surface area contributed by atoms with Crippen LogP contribution in [0.3, 0.4) is 0 Å². The Labute approximate surface area is 118 Å². The Morgan fingerprint density at radius 3 is 2.74 bits per heavy atom. The molecule has 0 bridgehead atoms. The van der Waals surface area contributed by atoms with E-state index in [1.165, 1.54) is 0 Å². The molecule has 2 atom stereocenters. The number of aliphatic hydroxyl groups is 1. The molecule has 0 aliphatic rings. The molecule has 1 aromatic heterocycles. The van der Waals surface area contributed by atoms with Crippen LogP contribution < -0.4 is 0 Å². The number of hydrogen-bond acceptors (Lipinski definition) is 4. The second kappa shape index (κ2) is 6.32. The van der Waals surface area contributed by atoms with Gasteiger partial charge in [-0.25, -0.2) is 4.98 Å². The van der Waals surface area contributed by atoms with Crippen LogP contribution in [0.1, 0.15) is 18.1 Å². The number of aliphatic hydroxyl groups excluding tert-OH is 1. The summed E-state index contributed by atoms with van der Waals surface area (Å²) in [6, 6.07) is 7.21. The fourth-order valence-electron chi connectivity index (χ4n) is 1.60. The lowest BCUT2D eigenvalue weighted by Crippen LogP contribution is -2.09. The number of rotatable bonds is 5. The maximum atomic E-state index is 11.8. The minimum Gasteiger partial charge on any atom is -0.439 e. The molecule has 2 rings (SSSR count). The third kappa shape index (κ3) is 3.43. The third-order valence-corrected chi connectivity index (χ3v) is 4.51. The van der Waals surface area contributed by atoms with Crippen LogP contribution in [0.15, 0.2) is 34.9 Å². The summed E-state index contributed by atoms with van der Waals surface area (Å²) in [5.41, 5.74) is 0.864. The van der Waals surface area contributed by atoms with Crippen molar-refractivity contribution in [3.63, 3.8) is 0 Å². The topological polar surface area (TPSA) is 63.3 Å². The molecule has 0 aliphatic heterocycles. The summed E-state index contributed by atoms with van der Waals surface area (Å²) in [7, 11) is -1.19. The van der Waals surface area contributed by atoms with Gasteiger partial charge in [0.1, 0.15) is 5.25 Å². The Hall–Kier alpha value is -1.17. The Morgan fingerprint density at radius 1 is 1.42 bits per heavy atom. The molecule has 2 aromatic rings. The van der Waals surface area contributed by atoms with Crippen molar-refractivity contribution < 1.29 is 13.7 Å². The van der Waals surface area contributed by atoms with E-state index in [-0.39, 0.29) is 17.6 Å². The Morgan fingerprint density at radius 2 is 2.11 bits per heavy atom. The maximum Gasteiger partial charge on any atom is 0.210 e. The molecule has 1 aromatic carbocycles. The highest BCUT2D eigenvalue weighted by Crippen LogP contribution is 2.26. The number of nitrogens with zero attached hydrogens (tertiary/aromatic N) is 1. The van der Waals surface area contributed by atoms with Gasteiger partial charge in [-0.2, -0.15) is 0 Å². The average Bonchev–Trinajstić information content (AvgIpc) is 2.88. The standard InChI is InChI=1S/C13H14ClNO3S/c1-9(19(17)7-6-16)13-15-8-12(18-13)10-2-4-11(14)5-3-10/h2-5,8-9,16H,6-7H2,1H3/t9-,19-/m1/s1. The smallest absolute Gasteiger partial charge is 0.210 e. The van der Waals surface area contributed by atoms with E-state index in [4.69, 9.17) is 21.1 Å². The normalized spacial score (nSPS) is 14.3. The average molecular weight is 300 g/mol. The van der Waals surface area contributed by atoms with Crippen molar-refractivity contribution in [2.45, 2.75) is 12.2 Å². The summed E-state index contributed by atoms with van der Waals surface area (Å²) in [4.78, 5) is 4.14. The Bertz CT molecular complexity index is 568. The van der Waals surface area contributed by atoms with E-state index in [9.17, 15) is 4.21 Å². The molecular weight excluding hydrogens is 286 g/mol. The van der Waals surface area contributed by atoms with Crippen molar-refractivity contribution in [2.75, 3.05) is 12.4 Å². The zero-order chi connectivity index (χ0) is 13.8. The van der Waals surface area contributed by atoms with Gasteiger partial charge >= 0.3 is 0 Å². The molecule has 0 spiro atoms. The first-order chi connectivity index (χ1) is 9.11. The molecule has 0 amide bonds. The lowest BCUT2D eigenvalue weighted by Gasteiger charge is -2.05. The van der Waals surface area contributed by atoms with Crippen molar-refractivity contribution in [1.29, 1.82) is 0 Å².